The fourth-order valence-corrected chi connectivity index (χ4v) is 2.05. The first kappa shape index (κ1) is 16.8. The maximum absolute atomic E-state index is 11.8. The molecule has 114 valence electrons. The molecule has 1 heterocycles. The molecular weight excluding hydrogens is 306 g/mol. The first-order chi connectivity index (χ1) is 9.24. The molecule has 0 N–H and O–H groups in total. The molecule has 0 fully saturated rings. The van der Waals surface area contributed by atoms with Crippen LogP contribution in [0.25, 0.3) is 0 Å². The third-order valence-electron chi connectivity index (χ3n) is 2.12. The summed E-state index contributed by atoms with van der Waals surface area (Å²) in [6.07, 6.45) is 1.18. The van der Waals surface area contributed by atoms with Crippen LogP contribution in [0.1, 0.15) is 27.2 Å². The predicted molar refractivity (Wildman–Crippen MR) is 76.9 cm³/mol. The van der Waals surface area contributed by atoms with Gasteiger partial charge in [-0.3, -0.25) is 4.31 Å². The van der Waals surface area contributed by atoms with Crippen LogP contribution in [0.5, 0.6) is 0 Å². The SMILES string of the molecule is CC(C)(C)OC(=O)n1ccc(N(CCCCl)[SH](=O)=O)n1. The highest BCUT2D eigenvalue weighted by Gasteiger charge is 2.20. The van der Waals surface area contributed by atoms with Crippen molar-refractivity contribution in [2.24, 2.45) is 0 Å². The summed E-state index contributed by atoms with van der Waals surface area (Å²) < 4.78 is 29.5. The van der Waals surface area contributed by atoms with Crippen LogP contribution in [0, 0.1) is 0 Å². The first-order valence-electron chi connectivity index (χ1n) is 6.01. The van der Waals surface area contributed by atoms with Crippen LogP contribution in [0.15, 0.2) is 12.3 Å². The number of rotatable bonds is 5. The smallest absolute Gasteiger partial charge is 0.435 e. The van der Waals surface area contributed by atoms with Crippen molar-refractivity contribution < 1.29 is 17.9 Å². The second-order valence-electron chi connectivity index (χ2n) is 5.00. The summed E-state index contributed by atoms with van der Waals surface area (Å²) >= 11 is 5.54. The molecule has 1 aromatic rings. The Balaban J connectivity index is 2.86. The molecule has 0 aliphatic heterocycles. The maximum Gasteiger partial charge on any atom is 0.435 e. The zero-order valence-corrected chi connectivity index (χ0v) is 13.2. The van der Waals surface area contributed by atoms with E-state index in [0.717, 1.165) is 8.99 Å². The van der Waals surface area contributed by atoms with E-state index in [1.165, 1.54) is 12.3 Å². The van der Waals surface area contributed by atoms with Crippen molar-refractivity contribution in [3.8, 4) is 0 Å². The maximum atomic E-state index is 11.8. The molecule has 0 saturated heterocycles. The molecule has 7 nitrogen and oxygen atoms in total. The van der Waals surface area contributed by atoms with E-state index in [-0.39, 0.29) is 12.4 Å². The van der Waals surface area contributed by atoms with E-state index in [0.29, 0.717) is 12.3 Å². The Morgan fingerprint density at radius 2 is 2.15 bits per heavy atom. The molecule has 0 aromatic carbocycles. The quantitative estimate of drug-likeness (QED) is 0.658. The van der Waals surface area contributed by atoms with Crippen LogP contribution in [0.3, 0.4) is 0 Å². The van der Waals surface area contributed by atoms with Gasteiger partial charge in [-0.2, -0.15) is 4.68 Å². The van der Waals surface area contributed by atoms with E-state index in [9.17, 15) is 13.2 Å². The van der Waals surface area contributed by atoms with Gasteiger partial charge in [-0.1, -0.05) is 0 Å². The molecule has 0 aliphatic rings. The van der Waals surface area contributed by atoms with Crippen molar-refractivity contribution in [1.82, 2.24) is 9.78 Å². The Kier molecular flexibility index (Phi) is 5.82. The highest BCUT2D eigenvalue weighted by Crippen LogP contribution is 2.14. The molecule has 9 heteroatoms. The molecule has 1 aromatic heterocycles. The van der Waals surface area contributed by atoms with Crippen LogP contribution in [-0.4, -0.2) is 42.3 Å². The van der Waals surface area contributed by atoms with Gasteiger partial charge in [0.05, 0.1) is 0 Å². The Bertz CT molecular complexity index is 528. The zero-order valence-electron chi connectivity index (χ0n) is 11.6. The number of carbonyl (C=O) groups excluding carboxylic acids is 1. The molecule has 0 unspecified atom stereocenters. The number of ether oxygens (including phenoxy) is 1. The highest BCUT2D eigenvalue weighted by molar-refractivity contribution is 7.74. The van der Waals surface area contributed by atoms with Crippen LogP contribution in [0.4, 0.5) is 10.6 Å². The van der Waals surface area contributed by atoms with E-state index in [4.69, 9.17) is 16.3 Å². The minimum atomic E-state index is -2.84. The van der Waals surface area contributed by atoms with Gasteiger partial charge in [0.15, 0.2) is 5.82 Å². The number of alkyl halides is 1. The molecule has 0 saturated carbocycles. The molecule has 0 aliphatic carbocycles. The van der Waals surface area contributed by atoms with Crippen LogP contribution >= 0.6 is 11.6 Å². The third-order valence-corrected chi connectivity index (χ3v) is 3.19. The number of anilines is 1. The standard InChI is InChI=1S/C11H18ClN3O4S/c1-11(2,3)19-10(16)14-8-5-9(13-14)15(20(17)18)7-4-6-12/h5,8,20H,4,6-7H2,1-3H3. The van der Waals surface area contributed by atoms with Crippen molar-refractivity contribution in [1.29, 1.82) is 0 Å². The summed E-state index contributed by atoms with van der Waals surface area (Å²) in [6.45, 7) is 5.41. The Hall–Kier alpha value is -1.28. The fraction of sp³-hybridized carbons (Fsp3) is 0.636. The Morgan fingerprint density at radius 3 is 2.65 bits per heavy atom. The average Bonchev–Trinajstić information content (AvgIpc) is 2.76. The number of hydrogen-bond donors (Lipinski definition) is 1. The topological polar surface area (TPSA) is 81.5 Å². The van der Waals surface area contributed by atoms with Crippen molar-refractivity contribution in [2.75, 3.05) is 16.7 Å². The lowest BCUT2D eigenvalue weighted by Crippen LogP contribution is -2.28. The second kappa shape index (κ2) is 6.94. The van der Waals surface area contributed by atoms with Gasteiger partial charge >= 0.3 is 6.09 Å². The van der Waals surface area contributed by atoms with Crippen molar-refractivity contribution in [3.05, 3.63) is 12.3 Å². The minimum absolute atomic E-state index is 0.164. The van der Waals surface area contributed by atoms with Gasteiger partial charge in [0, 0.05) is 24.7 Å². The van der Waals surface area contributed by atoms with E-state index in [1.54, 1.807) is 20.8 Å². The first-order valence-corrected chi connectivity index (χ1v) is 7.68. The lowest BCUT2D eigenvalue weighted by atomic mass is 10.2. The predicted octanol–water partition coefficient (Wildman–Crippen LogP) is 1.63. The second-order valence-corrected chi connectivity index (χ2v) is 6.34. The largest absolute Gasteiger partial charge is 0.442 e. The van der Waals surface area contributed by atoms with E-state index >= 15 is 0 Å². The van der Waals surface area contributed by atoms with E-state index < -0.39 is 22.6 Å². The molecule has 0 radical (unpaired) electrons. The van der Waals surface area contributed by atoms with Gasteiger partial charge in [-0.25, -0.2) is 13.2 Å². The number of aromatic nitrogens is 2. The average molecular weight is 324 g/mol. The molecule has 1 rings (SSSR count). The van der Waals surface area contributed by atoms with Gasteiger partial charge in [-0.15, -0.1) is 16.7 Å². The molecular formula is C11H18ClN3O4S. The summed E-state index contributed by atoms with van der Waals surface area (Å²) in [6, 6.07) is 1.43. The van der Waals surface area contributed by atoms with Crippen molar-refractivity contribution >= 4 is 34.4 Å². The Labute approximate surface area is 124 Å². The van der Waals surface area contributed by atoms with Crippen LogP contribution < -0.4 is 4.31 Å². The lowest BCUT2D eigenvalue weighted by molar-refractivity contribution is 0.0515. The highest BCUT2D eigenvalue weighted by atomic mass is 35.5. The van der Waals surface area contributed by atoms with Gasteiger partial charge in [0.25, 0.3) is 0 Å². The van der Waals surface area contributed by atoms with Gasteiger partial charge in [-0.05, 0) is 27.2 Å². The van der Waals surface area contributed by atoms with Crippen molar-refractivity contribution in [2.45, 2.75) is 32.8 Å². The Morgan fingerprint density at radius 1 is 1.50 bits per heavy atom. The molecule has 0 atom stereocenters. The number of hydrogen-bond acceptors (Lipinski definition) is 5. The lowest BCUT2D eigenvalue weighted by Gasteiger charge is -2.19. The number of halogens is 1. The third kappa shape index (κ3) is 5.01. The minimum Gasteiger partial charge on any atom is -0.442 e. The van der Waals surface area contributed by atoms with Crippen LogP contribution in [0.2, 0.25) is 0 Å². The summed E-state index contributed by atoms with van der Waals surface area (Å²) in [5, 5.41) is 3.91. The molecule has 0 amide bonds. The van der Waals surface area contributed by atoms with Gasteiger partial charge in [0.2, 0.25) is 10.9 Å². The fourth-order valence-electron chi connectivity index (χ4n) is 1.35. The summed E-state index contributed by atoms with van der Waals surface area (Å²) in [5.74, 6) is 0.504. The van der Waals surface area contributed by atoms with Crippen molar-refractivity contribution in [3.63, 3.8) is 0 Å². The zero-order chi connectivity index (χ0) is 15.3. The number of carbonyl (C=O) groups is 1. The molecule has 20 heavy (non-hydrogen) atoms. The summed E-state index contributed by atoms with van der Waals surface area (Å²) in [5.41, 5.74) is -0.648. The summed E-state index contributed by atoms with van der Waals surface area (Å²) in [4.78, 5) is 11.8. The molecule has 0 bridgehead atoms. The van der Waals surface area contributed by atoms with Crippen LogP contribution in [-0.2, 0) is 15.6 Å². The normalized spacial score (nSPS) is 11.7. The summed E-state index contributed by atoms with van der Waals surface area (Å²) in [7, 11) is -2.84. The van der Waals surface area contributed by atoms with E-state index in [2.05, 4.69) is 5.10 Å². The van der Waals surface area contributed by atoms with Gasteiger partial charge in [0.1, 0.15) is 5.60 Å². The number of nitrogens with zero attached hydrogens (tertiary/aromatic N) is 3. The number of thiol groups is 1. The molecule has 0 spiro atoms. The van der Waals surface area contributed by atoms with Gasteiger partial charge < -0.3 is 4.74 Å². The monoisotopic (exact) mass is 323 g/mol. The van der Waals surface area contributed by atoms with E-state index in [1.807, 2.05) is 0 Å².